The molecule has 0 aliphatic carbocycles. The molecule has 0 bridgehead atoms. The summed E-state index contributed by atoms with van der Waals surface area (Å²) in [5.74, 6) is 1.03. The molecule has 2 rings (SSSR count). The van der Waals surface area contributed by atoms with E-state index in [0.717, 1.165) is 0 Å². The average Bonchev–Trinajstić information content (AvgIpc) is 2.58. The van der Waals surface area contributed by atoms with Crippen molar-refractivity contribution in [3.63, 3.8) is 0 Å². The summed E-state index contributed by atoms with van der Waals surface area (Å²) in [4.78, 5) is 11.8. The number of esters is 1. The third-order valence-electron chi connectivity index (χ3n) is 3.17. The molecule has 2 aromatic carbocycles. The Kier molecular flexibility index (Phi) is 6.93. The maximum absolute atomic E-state index is 13.4. The molecule has 0 radical (unpaired) electrons. The second-order valence-corrected chi connectivity index (χ2v) is 6.17. The van der Waals surface area contributed by atoms with Gasteiger partial charge in [-0.1, -0.05) is 18.2 Å². The topological polar surface area (TPSA) is 55.8 Å². The molecule has 0 saturated heterocycles. The number of carbonyl (C=O) groups is 1. The summed E-state index contributed by atoms with van der Waals surface area (Å²) >= 11 is 1.49. The minimum absolute atomic E-state index is 0.129. The van der Waals surface area contributed by atoms with Crippen LogP contribution in [0, 0.1) is 5.82 Å². The molecule has 1 unspecified atom stereocenters. The maximum Gasteiger partial charge on any atom is 0.347 e. The van der Waals surface area contributed by atoms with Gasteiger partial charge < -0.3 is 14.6 Å². The fourth-order valence-corrected chi connectivity index (χ4v) is 2.69. The molecule has 128 valence electrons. The maximum atomic E-state index is 13.4. The van der Waals surface area contributed by atoms with Gasteiger partial charge in [0.05, 0.1) is 0 Å². The predicted octanol–water partition coefficient (Wildman–Crippen LogP) is 3.78. The van der Waals surface area contributed by atoms with Crippen LogP contribution in [0.4, 0.5) is 4.39 Å². The summed E-state index contributed by atoms with van der Waals surface area (Å²) in [7, 11) is 0. The number of aromatic hydroxyl groups is 1. The van der Waals surface area contributed by atoms with Crippen LogP contribution in [0.5, 0.6) is 11.5 Å². The van der Waals surface area contributed by atoms with Gasteiger partial charge in [0, 0.05) is 11.5 Å². The summed E-state index contributed by atoms with van der Waals surface area (Å²) in [5, 5.41) is 9.19. The van der Waals surface area contributed by atoms with Crippen molar-refractivity contribution in [3.8, 4) is 11.5 Å². The van der Waals surface area contributed by atoms with Gasteiger partial charge in [0.1, 0.15) is 23.9 Å². The second kappa shape index (κ2) is 9.17. The number of thioether (sulfide) groups is 1. The quantitative estimate of drug-likeness (QED) is 0.580. The number of rotatable bonds is 8. The molecule has 0 saturated carbocycles. The van der Waals surface area contributed by atoms with Gasteiger partial charge >= 0.3 is 5.97 Å². The highest BCUT2D eigenvalue weighted by atomic mass is 32.2. The number of phenolic OH excluding ortho intramolecular Hbond substituents is 1. The van der Waals surface area contributed by atoms with Crippen LogP contribution in [0.25, 0.3) is 0 Å². The number of hydrogen-bond donors (Lipinski definition) is 1. The molecule has 1 atom stereocenters. The molecule has 4 nitrogen and oxygen atoms in total. The SMILES string of the molecule is CC(Oc1ccc(O)cc1)C(=O)OCCSCc1ccccc1F. The van der Waals surface area contributed by atoms with Crippen molar-refractivity contribution in [3.05, 3.63) is 59.9 Å². The molecular formula is C18H19FO4S. The molecule has 0 aliphatic heterocycles. The molecule has 2 aromatic rings. The van der Waals surface area contributed by atoms with E-state index in [-0.39, 0.29) is 18.2 Å². The Bertz CT molecular complexity index is 660. The van der Waals surface area contributed by atoms with Crippen molar-refractivity contribution in [1.82, 2.24) is 0 Å². The van der Waals surface area contributed by atoms with Crippen LogP contribution in [0.15, 0.2) is 48.5 Å². The first-order chi connectivity index (χ1) is 11.6. The number of phenols is 1. The average molecular weight is 350 g/mol. The number of hydrogen-bond acceptors (Lipinski definition) is 5. The zero-order valence-corrected chi connectivity index (χ0v) is 14.1. The van der Waals surface area contributed by atoms with Gasteiger partial charge in [-0.3, -0.25) is 0 Å². The number of ether oxygens (including phenoxy) is 2. The van der Waals surface area contributed by atoms with E-state index in [1.165, 1.54) is 30.0 Å². The minimum atomic E-state index is -0.744. The molecule has 24 heavy (non-hydrogen) atoms. The van der Waals surface area contributed by atoms with E-state index in [4.69, 9.17) is 9.47 Å². The van der Waals surface area contributed by atoms with Gasteiger partial charge in [-0.15, -0.1) is 0 Å². The Morgan fingerprint density at radius 2 is 1.92 bits per heavy atom. The highest BCUT2D eigenvalue weighted by Gasteiger charge is 2.16. The molecular weight excluding hydrogens is 331 g/mol. The van der Waals surface area contributed by atoms with E-state index >= 15 is 0 Å². The molecule has 6 heteroatoms. The first kappa shape index (κ1) is 18.1. The zero-order chi connectivity index (χ0) is 17.4. The van der Waals surface area contributed by atoms with Crippen LogP contribution in [-0.4, -0.2) is 29.5 Å². The third kappa shape index (κ3) is 5.77. The molecule has 0 amide bonds. The molecule has 1 N–H and O–H groups in total. The van der Waals surface area contributed by atoms with Crippen molar-refractivity contribution in [1.29, 1.82) is 0 Å². The molecule has 0 spiro atoms. The summed E-state index contributed by atoms with van der Waals surface area (Å²) in [6.07, 6.45) is -0.744. The van der Waals surface area contributed by atoms with Crippen molar-refractivity contribution in [2.75, 3.05) is 12.4 Å². The Hall–Kier alpha value is -2.21. The summed E-state index contributed by atoms with van der Waals surface area (Å²) < 4.78 is 24.0. The van der Waals surface area contributed by atoms with Gasteiger partial charge in [-0.25, -0.2) is 9.18 Å². The summed E-state index contributed by atoms with van der Waals surface area (Å²) in [6.45, 7) is 1.84. The van der Waals surface area contributed by atoms with Crippen LogP contribution in [0.2, 0.25) is 0 Å². The first-order valence-electron chi connectivity index (χ1n) is 7.49. The van der Waals surface area contributed by atoms with E-state index in [0.29, 0.717) is 22.8 Å². The standard InChI is InChI=1S/C18H19FO4S/c1-13(23-16-8-6-15(20)7-9-16)18(21)22-10-11-24-12-14-4-2-3-5-17(14)19/h2-9,13,20H,10-12H2,1H3. The Labute approximate surface area is 144 Å². The largest absolute Gasteiger partial charge is 0.508 e. The lowest BCUT2D eigenvalue weighted by Gasteiger charge is -2.14. The second-order valence-electron chi connectivity index (χ2n) is 5.07. The highest BCUT2D eigenvalue weighted by molar-refractivity contribution is 7.98. The monoisotopic (exact) mass is 350 g/mol. The number of carbonyl (C=O) groups excluding carboxylic acids is 1. The van der Waals surface area contributed by atoms with Crippen molar-refractivity contribution in [2.45, 2.75) is 18.8 Å². The minimum Gasteiger partial charge on any atom is -0.508 e. The fourth-order valence-electron chi connectivity index (χ4n) is 1.89. The van der Waals surface area contributed by atoms with Gasteiger partial charge in [-0.2, -0.15) is 11.8 Å². The fraction of sp³-hybridized carbons (Fsp3) is 0.278. The van der Waals surface area contributed by atoms with Gasteiger partial charge in [0.15, 0.2) is 6.10 Å². The van der Waals surface area contributed by atoms with Crippen LogP contribution in [0.1, 0.15) is 12.5 Å². The van der Waals surface area contributed by atoms with Gasteiger partial charge in [-0.05, 0) is 42.8 Å². The van der Waals surface area contributed by atoms with Crippen molar-refractivity contribution >= 4 is 17.7 Å². The highest BCUT2D eigenvalue weighted by Crippen LogP contribution is 2.18. The van der Waals surface area contributed by atoms with Crippen LogP contribution >= 0.6 is 11.8 Å². The summed E-state index contributed by atoms with van der Waals surface area (Å²) in [6, 6.07) is 12.7. The lowest BCUT2D eigenvalue weighted by atomic mass is 10.2. The Morgan fingerprint density at radius 3 is 2.62 bits per heavy atom. The first-order valence-corrected chi connectivity index (χ1v) is 8.65. The molecule has 0 fully saturated rings. The number of benzene rings is 2. The Morgan fingerprint density at radius 1 is 1.21 bits per heavy atom. The molecule has 0 heterocycles. The zero-order valence-electron chi connectivity index (χ0n) is 13.3. The van der Waals surface area contributed by atoms with E-state index in [2.05, 4.69) is 0 Å². The lowest BCUT2D eigenvalue weighted by molar-refractivity contribution is -0.150. The van der Waals surface area contributed by atoms with E-state index in [1.807, 2.05) is 0 Å². The Balaban J connectivity index is 1.65. The van der Waals surface area contributed by atoms with Crippen LogP contribution in [-0.2, 0) is 15.3 Å². The number of halogens is 1. The van der Waals surface area contributed by atoms with E-state index < -0.39 is 12.1 Å². The van der Waals surface area contributed by atoms with Gasteiger partial charge in [0.2, 0.25) is 0 Å². The van der Waals surface area contributed by atoms with Crippen LogP contribution in [0.3, 0.4) is 0 Å². The molecule has 0 aliphatic rings. The normalized spacial score (nSPS) is 11.8. The van der Waals surface area contributed by atoms with E-state index in [1.54, 1.807) is 37.3 Å². The van der Waals surface area contributed by atoms with Gasteiger partial charge in [0.25, 0.3) is 0 Å². The van der Waals surface area contributed by atoms with Crippen LogP contribution < -0.4 is 4.74 Å². The molecule has 0 aromatic heterocycles. The van der Waals surface area contributed by atoms with E-state index in [9.17, 15) is 14.3 Å². The predicted molar refractivity (Wildman–Crippen MR) is 91.7 cm³/mol. The lowest BCUT2D eigenvalue weighted by Crippen LogP contribution is -2.26. The van der Waals surface area contributed by atoms with Crippen molar-refractivity contribution in [2.24, 2.45) is 0 Å². The van der Waals surface area contributed by atoms with Crippen molar-refractivity contribution < 1.29 is 23.8 Å². The summed E-state index contributed by atoms with van der Waals surface area (Å²) in [5.41, 5.74) is 0.637. The smallest absolute Gasteiger partial charge is 0.347 e. The third-order valence-corrected chi connectivity index (χ3v) is 4.14.